The van der Waals surface area contributed by atoms with Crippen molar-refractivity contribution in [1.82, 2.24) is 19.7 Å². The van der Waals surface area contributed by atoms with Gasteiger partial charge in [-0.15, -0.1) is 0 Å². The average molecular weight is 423 g/mol. The summed E-state index contributed by atoms with van der Waals surface area (Å²) in [5.41, 5.74) is 4.78. The van der Waals surface area contributed by atoms with Crippen LogP contribution < -0.4 is 5.32 Å². The summed E-state index contributed by atoms with van der Waals surface area (Å²) >= 11 is 0. The van der Waals surface area contributed by atoms with Crippen molar-refractivity contribution in [3.8, 4) is 5.69 Å². The molecule has 6 heteroatoms. The highest BCUT2D eigenvalue weighted by Gasteiger charge is 2.29. The van der Waals surface area contributed by atoms with Crippen LogP contribution in [0, 0.1) is 0 Å². The van der Waals surface area contributed by atoms with E-state index in [1.165, 1.54) is 6.33 Å². The van der Waals surface area contributed by atoms with E-state index < -0.39 is 0 Å². The van der Waals surface area contributed by atoms with Gasteiger partial charge in [0, 0.05) is 33.8 Å². The van der Waals surface area contributed by atoms with Gasteiger partial charge in [-0.1, -0.05) is 60.7 Å². The summed E-state index contributed by atoms with van der Waals surface area (Å²) in [6.45, 7) is 2.13. The fraction of sp³-hybridized carbons (Fsp3) is 0.115. The lowest BCUT2D eigenvalue weighted by Gasteiger charge is -2.20. The van der Waals surface area contributed by atoms with Crippen molar-refractivity contribution in [2.45, 2.75) is 19.0 Å². The average Bonchev–Trinajstić information content (AvgIpc) is 3.53. The molecule has 3 aromatic carbocycles. The third-order valence-electron chi connectivity index (χ3n) is 5.88. The summed E-state index contributed by atoms with van der Waals surface area (Å²) < 4.78 is 1.73. The second-order valence-corrected chi connectivity index (χ2v) is 7.91. The van der Waals surface area contributed by atoms with E-state index in [0.717, 1.165) is 33.3 Å². The van der Waals surface area contributed by atoms with Gasteiger partial charge in [0.15, 0.2) is 6.04 Å². The summed E-state index contributed by atoms with van der Waals surface area (Å²) in [4.78, 5) is 21.0. The molecule has 0 bridgehead atoms. The number of quaternary nitrogens is 1. The van der Waals surface area contributed by atoms with Crippen LogP contribution in [-0.4, -0.2) is 25.5 Å². The number of Topliss-reactive ketones (excluding diaryl/α,β-unsaturated/α-hetero) is 1. The van der Waals surface area contributed by atoms with E-state index in [1.807, 2.05) is 72.9 Å². The number of carbonyl (C=O) groups excluding carboxylic acids is 1. The highest BCUT2D eigenvalue weighted by atomic mass is 16.1. The van der Waals surface area contributed by atoms with Crippen molar-refractivity contribution in [2.75, 3.05) is 0 Å². The van der Waals surface area contributed by atoms with E-state index in [0.29, 0.717) is 0 Å². The van der Waals surface area contributed by atoms with Gasteiger partial charge in [-0.2, -0.15) is 5.10 Å². The molecule has 0 fully saturated rings. The van der Waals surface area contributed by atoms with Crippen LogP contribution in [0.15, 0.2) is 97.7 Å². The van der Waals surface area contributed by atoms with E-state index in [2.05, 4.69) is 39.4 Å². The number of rotatable bonds is 7. The van der Waals surface area contributed by atoms with Crippen LogP contribution in [0.25, 0.3) is 16.6 Å². The number of H-pyrrole nitrogens is 1. The number of fused-ring (bicyclic) bond motifs is 1. The van der Waals surface area contributed by atoms with Crippen molar-refractivity contribution < 1.29 is 10.1 Å². The number of para-hydroxylation sites is 1. The summed E-state index contributed by atoms with van der Waals surface area (Å²) in [7, 11) is 0. The standard InChI is InChI=1S/C26H23N5O/c1-18(19-11-13-21(14-12-19)31-17-27-16-29-31)30-25(20-7-3-2-4-8-20)26(32)23-15-28-24-10-6-5-9-22(23)24/h2-18,25,28,30H,1H3/p+1/t18-,25-/m0/s1. The quantitative estimate of drug-likeness (QED) is 0.389. The molecule has 2 aromatic heterocycles. The molecule has 0 saturated carbocycles. The lowest BCUT2D eigenvalue weighted by Crippen LogP contribution is -2.87. The third-order valence-corrected chi connectivity index (χ3v) is 5.88. The number of hydrogen-bond donors (Lipinski definition) is 2. The van der Waals surface area contributed by atoms with Gasteiger partial charge >= 0.3 is 0 Å². The smallest absolute Gasteiger partial charge is 0.226 e. The Bertz CT molecular complexity index is 1320. The maximum Gasteiger partial charge on any atom is 0.226 e. The third kappa shape index (κ3) is 3.84. The first-order chi connectivity index (χ1) is 15.7. The molecule has 2 heterocycles. The van der Waals surface area contributed by atoms with Gasteiger partial charge in [0.1, 0.15) is 18.7 Å². The molecule has 2 atom stereocenters. The minimum absolute atomic E-state index is 0.0826. The molecule has 32 heavy (non-hydrogen) atoms. The Hall–Kier alpha value is -4.03. The van der Waals surface area contributed by atoms with E-state index >= 15 is 0 Å². The van der Waals surface area contributed by atoms with Gasteiger partial charge in [0.25, 0.3) is 0 Å². The Morgan fingerprint density at radius 1 is 0.938 bits per heavy atom. The van der Waals surface area contributed by atoms with E-state index in [9.17, 15) is 4.79 Å². The van der Waals surface area contributed by atoms with Crippen molar-refractivity contribution in [3.05, 3.63) is 114 Å². The van der Waals surface area contributed by atoms with Gasteiger partial charge in [-0.3, -0.25) is 4.79 Å². The molecule has 0 aliphatic heterocycles. The Balaban J connectivity index is 1.44. The molecular formula is C26H24N5O+. The molecule has 0 saturated heterocycles. The lowest BCUT2D eigenvalue weighted by molar-refractivity contribution is -0.718. The van der Waals surface area contributed by atoms with Crippen LogP contribution in [0.2, 0.25) is 0 Å². The number of benzene rings is 3. The summed E-state index contributed by atoms with van der Waals surface area (Å²) in [5, 5.41) is 7.27. The minimum Gasteiger partial charge on any atom is -0.360 e. The molecule has 5 rings (SSSR count). The molecule has 0 aliphatic rings. The second kappa shape index (κ2) is 8.61. The summed E-state index contributed by atoms with van der Waals surface area (Å²) in [6.07, 6.45) is 5.02. The van der Waals surface area contributed by atoms with Gasteiger partial charge in [0.2, 0.25) is 5.78 Å². The highest BCUT2D eigenvalue weighted by Crippen LogP contribution is 2.24. The number of hydrogen-bond acceptors (Lipinski definition) is 3. The predicted octanol–water partition coefficient (Wildman–Crippen LogP) is 4.00. The molecule has 3 N–H and O–H groups in total. The van der Waals surface area contributed by atoms with Gasteiger partial charge in [0.05, 0.1) is 5.69 Å². The Kier molecular flexibility index (Phi) is 5.35. The molecule has 0 spiro atoms. The zero-order valence-corrected chi connectivity index (χ0v) is 17.7. The predicted molar refractivity (Wildman–Crippen MR) is 124 cm³/mol. The first kappa shape index (κ1) is 19.9. The van der Waals surface area contributed by atoms with Crippen LogP contribution >= 0.6 is 0 Å². The number of carbonyl (C=O) groups is 1. The van der Waals surface area contributed by atoms with E-state index in [4.69, 9.17) is 0 Å². The first-order valence-corrected chi connectivity index (χ1v) is 10.7. The maximum absolute atomic E-state index is 13.7. The monoisotopic (exact) mass is 422 g/mol. The van der Waals surface area contributed by atoms with Crippen molar-refractivity contribution >= 4 is 16.7 Å². The largest absolute Gasteiger partial charge is 0.360 e. The van der Waals surface area contributed by atoms with Crippen LogP contribution in [0.1, 0.15) is 40.5 Å². The normalized spacial score (nSPS) is 13.2. The zero-order valence-electron chi connectivity index (χ0n) is 17.7. The molecular weight excluding hydrogens is 398 g/mol. The van der Waals surface area contributed by atoms with Crippen molar-refractivity contribution in [1.29, 1.82) is 0 Å². The number of aromatic amines is 1. The SMILES string of the molecule is C[C@H]([NH2+][C@H](C(=O)c1c[nH]c2ccccc12)c1ccccc1)c1ccc(-n2cncn2)cc1. The summed E-state index contributed by atoms with van der Waals surface area (Å²) in [6, 6.07) is 25.8. The number of aromatic nitrogens is 4. The number of nitrogens with two attached hydrogens (primary N) is 1. The summed E-state index contributed by atoms with van der Waals surface area (Å²) in [5.74, 6) is 0.0970. The van der Waals surface area contributed by atoms with Gasteiger partial charge in [-0.05, 0) is 25.1 Å². The van der Waals surface area contributed by atoms with E-state index in [1.54, 1.807) is 11.0 Å². The number of nitrogens with one attached hydrogen (secondary N) is 1. The zero-order chi connectivity index (χ0) is 21.9. The second-order valence-electron chi connectivity index (χ2n) is 7.91. The Labute approximate surface area is 185 Å². The lowest BCUT2D eigenvalue weighted by atomic mass is 9.95. The Morgan fingerprint density at radius 3 is 2.44 bits per heavy atom. The number of nitrogens with zero attached hydrogens (tertiary/aromatic N) is 3. The topological polar surface area (TPSA) is 80.2 Å². The van der Waals surface area contributed by atoms with Gasteiger partial charge < -0.3 is 10.3 Å². The minimum atomic E-state index is -0.347. The van der Waals surface area contributed by atoms with Crippen molar-refractivity contribution in [3.63, 3.8) is 0 Å². The fourth-order valence-corrected chi connectivity index (χ4v) is 4.13. The maximum atomic E-state index is 13.7. The molecule has 5 aromatic rings. The molecule has 0 radical (unpaired) electrons. The molecule has 0 aliphatic carbocycles. The van der Waals surface area contributed by atoms with Gasteiger partial charge in [-0.25, -0.2) is 9.67 Å². The first-order valence-electron chi connectivity index (χ1n) is 10.7. The molecule has 0 amide bonds. The van der Waals surface area contributed by atoms with E-state index in [-0.39, 0.29) is 17.9 Å². The van der Waals surface area contributed by atoms with Crippen LogP contribution in [0.4, 0.5) is 0 Å². The number of ketones is 1. The Morgan fingerprint density at radius 2 is 1.69 bits per heavy atom. The molecule has 0 unspecified atom stereocenters. The van der Waals surface area contributed by atoms with Crippen LogP contribution in [0.3, 0.4) is 0 Å². The van der Waals surface area contributed by atoms with Crippen LogP contribution in [0.5, 0.6) is 0 Å². The highest BCUT2D eigenvalue weighted by molar-refractivity contribution is 6.09. The fourth-order valence-electron chi connectivity index (χ4n) is 4.13. The molecule has 158 valence electrons. The van der Waals surface area contributed by atoms with Crippen molar-refractivity contribution in [2.24, 2.45) is 0 Å². The molecule has 6 nitrogen and oxygen atoms in total. The van der Waals surface area contributed by atoms with Crippen LogP contribution in [-0.2, 0) is 0 Å².